The van der Waals surface area contributed by atoms with Crippen LogP contribution in [0.4, 0.5) is 10.5 Å². The number of hydrogen-bond donors (Lipinski definition) is 2. The number of nitrogens with zero attached hydrogens (tertiary/aromatic N) is 3. The number of urea groups is 1. The molecule has 1 aromatic carbocycles. The number of nitrogens with one attached hydrogen (secondary N) is 2. The molecule has 0 aliphatic heterocycles. The summed E-state index contributed by atoms with van der Waals surface area (Å²) in [7, 11) is 1.65. The quantitative estimate of drug-likeness (QED) is 0.669. The second-order valence-electron chi connectivity index (χ2n) is 7.51. The van der Waals surface area contributed by atoms with Gasteiger partial charge >= 0.3 is 6.03 Å². The minimum Gasteiger partial charge on any atom is -0.497 e. The number of amides is 2. The molecule has 1 unspecified atom stereocenters. The number of rotatable bonds is 6. The molecule has 2 N–H and O–H groups in total. The topological polar surface area (TPSA) is 81.1 Å². The Kier molecular flexibility index (Phi) is 4.90. The number of ether oxygens (including phenoxy) is 1. The van der Waals surface area contributed by atoms with Crippen LogP contribution in [0.5, 0.6) is 5.75 Å². The summed E-state index contributed by atoms with van der Waals surface area (Å²) in [4.78, 5) is 17.1. The van der Waals surface area contributed by atoms with Crippen molar-refractivity contribution >= 4 is 22.8 Å². The van der Waals surface area contributed by atoms with Crippen LogP contribution in [0, 0.1) is 5.92 Å². The third kappa shape index (κ3) is 3.78. The van der Waals surface area contributed by atoms with Gasteiger partial charge in [-0.15, -0.1) is 0 Å². The number of hydrogen-bond acceptors (Lipinski definition) is 4. The van der Waals surface area contributed by atoms with Crippen LogP contribution >= 0.6 is 0 Å². The van der Waals surface area contributed by atoms with Crippen molar-refractivity contribution in [3.05, 3.63) is 48.3 Å². The second kappa shape index (κ2) is 7.50. The molecule has 1 fully saturated rings. The third-order valence-electron chi connectivity index (χ3n) is 5.04. The van der Waals surface area contributed by atoms with Crippen LogP contribution in [0.25, 0.3) is 11.0 Å². The highest BCUT2D eigenvalue weighted by molar-refractivity contribution is 5.91. The number of benzene rings is 1. The zero-order valence-electron chi connectivity index (χ0n) is 16.3. The number of pyridine rings is 1. The molecule has 1 saturated carbocycles. The number of methoxy groups -OCH3 is 1. The summed E-state index contributed by atoms with van der Waals surface area (Å²) in [5, 5.41) is 11.3. The van der Waals surface area contributed by atoms with E-state index in [1.165, 1.54) is 0 Å². The minimum atomic E-state index is -0.231. The summed E-state index contributed by atoms with van der Waals surface area (Å²) in [6.07, 6.45) is 5.69. The first-order chi connectivity index (χ1) is 13.5. The van der Waals surface area contributed by atoms with Crippen LogP contribution in [-0.4, -0.2) is 27.9 Å². The zero-order chi connectivity index (χ0) is 19.7. The van der Waals surface area contributed by atoms with Crippen molar-refractivity contribution in [3.8, 4) is 5.75 Å². The molecule has 2 amide bonds. The molecule has 146 valence electrons. The van der Waals surface area contributed by atoms with Crippen LogP contribution < -0.4 is 15.4 Å². The van der Waals surface area contributed by atoms with E-state index in [2.05, 4.69) is 34.6 Å². The summed E-state index contributed by atoms with van der Waals surface area (Å²) in [5.74, 6) is 1.29. The van der Waals surface area contributed by atoms with Crippen molar-refractivity contribution in [2.75, 3.05) is 12.4 Å². The molecule has 1 aliphatic rings. The monoisotopic (exact) mass is 379 g/mol. The average molecular weight is 379 g/mol. The van der Waals surface area contributed by atoms with E-state index in [0.717, 1.165) is 35.2 Å². The van der Waals surface area contributed by atoms with Gasteiger partial charge in [0.15, 0.2) is 5.65 Å². The van der Waals surface area contributed by atoms with Gasteiger partial charge in [-0.05, 0) is 56.4 Å². The first kappa shape index (κ1) is 18.3. The van der Waals surface area contributed by atoms with Gasteiger partial charge in [-0.3, -0.25) is 0 Å². The molecule has 2 aromatic heterocycles. The fraction of sp³-hybridized carbons (Fsp3) is 0.381. The Morgan fingerprint density at radius 1 is 1.21 bits per heavy atom. The highest BCUT2D eigenvalue weighted by Gasteiger charge is 2.33. The summed E-state index contributed by atoms with van der Waals surface area (Å²) in [5.41, 5.74) is 2.55. The van der Waals surface area contributed by atoms with Gasteiger partial charge in [-0.2, -0.15) is 5.10 Å². The number of carbonyl (C=O) groups excluding carboxylic acids is 1. The third-order valence-corrected chi connectivity index (χ3v) is 5.04. The summed E-state index contributed by atoms with van der Waals surface area (Å²) in [6.45, 7) is 4.12. The molecule has 2 heterocycles. The average Bonchev–Trinajstić information content (AvgIpc) is 3.44. The first-order valence-corrected chi connectivity index (χ1v) is 9.60. The fourth-order valence-corrected chi connectivity index (χ4v) is 3.41. The lowest BCUT2D eigenvalue weighted by Gasteiger charge is -2.19. The predicted molar refractivity (Wildman–Crippen MR) is 109 cm³/mol. The Morgan fingerprint density at radius 3 is 2.61 bits per heavy atom. The largest absolute Gasteiger partial charge is 0.497 e. The van der Waals surface area contributed by atoms with Crippen LogP contribution in [0.15, 0.2) is 42.7 Å². The van der Waals surface area contributed by atoms with Gasteiger partial charge in [0.25, 0.3) is 0 Å². The number of fused-ring (bicyclic) bond motifs is 1. The van der Waals surface area contributed by atoms with Crippen molar-refractivity contribution in [1.82, 2.24) is 20.1 Å². The molecule has 28 heavy (non-hydrogen) atoms. The Morgan fingerprint density at radius 2 is 1.96 bits per heavy atom. The summed E-state index contributed by atoms with van der Waals surface area (Å²) in [6, 6.07) is 9.76. The highest BCUT2D eigenvalue weighted by Crippen LogP contribution is 2.41. The van der Waals surface area contributed by atoms with Gasteiger partial charge in [-0.25, -0.2) is 14.5 Å². The molecule has 7 nitrogen and oxygen atoms in total. The lowest BCUT2D eigenvalue weighted by Crippen LogP contribution is -2.33. The van der Waals surface area contributed by atoms with Gasteiger partial charge in [0, 0.05) is 11.4 Å². The van der Waals surface area contributed by atoms with Crippen molar-refractivity contribution in [2.45, 2.75) is 38.8 Å². The summed E-state index contributed by atoms with van der Waals surface area (Å²) >= 11 is 0. The number of anilines is 1. The predicted octanol–water partition coefficient (Wildman–Crippen LogP) is 4.29. The van der Waals surface area contributed by atoms with E-state index >= 15 is 0 Å². The van der Waals surface area contributed by atoms with Crippen LogP contribution in [0.1, 0.15) is 44.3 Å². The molecule has 0 spiro atoms. The second-order valence-corrected chi connectivity index (χ2v) is 7.51. The Balaban J connectivity index is 1.47. The standard InChI is InChI=1S/C21H25N5O2/c1-13(2)26-20-16(11-23-26)10-17(12-22-20)24-21(27)25-19(14-4-5-14)15-6-8-18(28-3)9-7-15/h6-14,19H,4-5H2,1-3H3,(H2,24,25,27). The van der Waals surface area contributed by atoms with E-state index in [4.69, 9.17) is 4.74 Å². The normalized spacial score (nSPS) is 14.9. The smallest absolute Gasteiger partial charge is 0.319 e. The van der Waals surface area contributed by atoms with Crippen molar-refractivity contribution in [3.63, 3.8) is 0 Å². The molecule has 0 saturated heterocycles. The molecule has 1 aliphatic carbocycles. The first-order valence-electron chi connectivity index (χ1n) is 9.60. The van der Waals surface area contributed by atoms with E-state index in [9.17, 15) is 4.79 Å². The van der Waals surface area contributed by atoms with Gasteiger partial charge in [-0.1, -0.05) is 12.1 Å². The van der Waals surface area contributed by atoms with E-state index < -0.39 is 0 Å². The zero-order valence-corrected chi connectivity index (χ0v) is 16.3. The van der Waals surface area contributed by atoms with Gasteiger partial charge in [0.05, 0.1) is 31.2 Å². The van der Waals surface area contributed by atoms with Crippen LogP contribution in [0.2, 0.25) is 0 Å². The van der Waals surface area contributed by atoms with Crippen molar-refractivity contribution < 1.29 is 9.53 Å². The molecular weight excluding hydrogens is 354 g/mol. The number of carbonyl (C=O) groups is 1. The minimum absolute atomic E-state index is 0.00807. The maximum atomic E-state index is 12.6. The molecule has 1 atom stereocenters. The lowest BCUT2D eigenvalue weighted by molar-refractivity contribution is 0.247. The maximum Gasteiger partial charge on any atom is 0.319 e. The molecule has 3 aromatic rings. The molecule has 7 heteroatoms. The van der Waals surface area contributed by atoms with Gasteiger partial charge in [0.1, 0.15) is 5.75 Å². The Bertz CT molecular complexity index is 976. The van der Waals surface area contributed by atoms with Gasteiger partial charge < -0.3 is 15.4 Å². The fourth-order valence-electron chi connectivity index (χ4n) is 3.41. The van der Waals surface area contributed by atoms with E-state index in [1.54, 1.807) is 19.5 Å². The van der Waals surface area contributed by atoms with Crippen LogP contribution in [-0.2, 0) is 0 Å². The van der Waals surface area contributed by atoms with E-state index in [1.807, 2.05) is 35.0 Å². The molecule has 0 radical (unpaired) electrons. The Labute approximate surface area is 164 Å². The van der Waals surface area contributed by atoms with Crippen LogP contribution in [0.3, 0.4) is 0 Å². The van der Waals surface area contributed by atoms with E-state index in [-0.39, 0.29) is 18.1 Å². The lowest BCUT2D eigenvalue weighted by atomic mass is 10.0. The molecule has 0 bridgehead atoms. The summed E-state index contributed by atoms with van der Waals surface area (Å²) < 4.78 is 7.09. The van der Waals surface area contributed by atoms with Gasteiger partial charge in [0.2, 0.25) is 0 Å². The highest BCUT2D eigenvalue weighted by atomic mass is 16.5. The molecular formula is C21H25N5O2. The van der Waals surface area contributed by atoms with Crippen molar-refractivity contribution in [2.24, 2.45) is 5.92 Å². The molecule has 4 rings (SSSR count). The van der Waals surface area contributed by atoms with E-state index in [0.29, 0.717) is 11.6 Å². The maximum absolute atomic E-state index is 12.6. The number of aromatic nitrogens is 3. The van der Waals surface area contributed by atoms with Crippen molar-refractivity contribution in [1.29, 1.82) is 0 Å². The Hall–Kier alpha value is -3.09. The SMILES string of the molecule is COc1ccc(C(NC(=O)Nc2cnc3c(cnn3C(C)C)c2)C2CC2)cc1.